The van der Waals surface area contributed by atoms with Crippen LogP contribution in [0.4, 0.5) is 0 Å². The number of aliphatic carboxylic acids is 1. The molecular weight excluding hydrogens is 442 g/mol. The lowest BCUT2D eigenvalue weighted by Gasteiger charge is -2.09. The highest BCUT2D eigenvalue weighted by Gasteiger charge is 2.16. The van der Waals surface area contributed by atoms with Crippen molar-refractivity contribution in [2.24, 2.45) is 0 Å². The lowest BCUT2D eigenvalue weighted by Crippen LogP contribution is -2.06. The minimum atomic E-state index is -0.896. The van der Waals surface area contributed by atoms with Crippen LogP contribution in [0.3, 0.4) is 0 Å². The van der Waals surface area contributed by atoms with Crippen LogP contribution in [0.15, 0.2) is 73.1 Å². The highest BCUT2D eigenvalue weighted by Crippen LogP contribution is 2.31. The first-order chi connectivity index (χ1) is 17.0. The van der Waals surface area contributed by atoms with Gasteiger partial charge in [0.2, 0.25) is 0 Å². The van der Waals surface area contributed by atoms with Crippen LogP contribution in [0.1, 0.15) is 31.1 Å². The maximum absolute atomic E-state index is 11.2. The number of aromatic nitrogens is 5. The van der Waals surface area contributed by atoms with E-state index in [1.165, 1.54) is 0 Å². The van der Waals surface area contributed by atoms with Crippen LogP contribution in [0.5, 0.6) is 5.75 Å². The Hall–Kier alpha value is -4.46. The standard InChI is InChI=1S/C27H25N5O3/c1-17(2)32-24-11-10-19(18-7-5-8-21(12-18)27-28-16-29-30-27)13-22(24)23(31-32)15-35-25-9-4-3-6-20(25)14-26(33)34/h3-13,16-17H,14-15H2,1-2H3,(H,33,34)(H,28,29,30). The Bertz CT molecular complexity index is 1490. The van der Waals surface area contributed by atoms with Crippen LogP contribution < -0.4 is 4.74 Å². The van der Waals surface area contributed by atoms with Crippen LogP contribution in [0.25, 0.3) is 33.4 Å². The van der Waals surface area contributed by atoms with Crippen molar-refractivity contribution in [1.29, 1.82) is 0 Å². The summed E-state index contributed by atoms with van der Waals surface area (Å²) >= 11 is 0. The topological polar surface area (TPSA) is 106 Å². The molecule has 0 atom stereocenters. The number of ether oxygens (including phenoxy) is 1. The van der Waals surface area contributed by atoms with Crippen molar-refractivity contribution >= 4 is 16.9 Å². The molecule has 5 rings (SSSR count). The fourth-order valence-corrected chi connectivity index (χ4v) is 4.18. The number of carboxylic acids is 1. The number of H-pyrrole nitrogens is 1. The number of hydrogen-bond donors (Lipinski definition) is 2. The zero-order valence-corrected chi connectivity index (χ0v) is 19.5. The van der Waals surface area contributed by atoms with Crippen LogP contribution in [0, 0.1) is 0 Å². The second kappa shape index (κ2) is 9.42. The van der Waals surface area contributed by atoms with Crippen LogP contribution in [-0.2, 0) is 17.8 Å². The van der Waals surface area contributed by atoms with E-state index in [9.17, 15) is 9.90 Å². The summed E-state index contributed by atoms with van der Waals surface area (Å²) in [5.41, 5.74) is 5.51. The molecule has 176 valence electrons. The van der Waals surface area contributed by atoms with E-state index in [0.717, 1.165) is 39.1 Å². The molecule has 0 fully saturated rings. The van der Waals surface area contributed by atoms with Gasteiger partial charge in [-0.15, -0.1) is 10.2 Å². The summed E-state index contributed by atoms with van der Waals surface area (Å²) in [6.45, 7) is 4.41. The highest BCUT2D eigenvalue weighted by molar-refractivity contribution is 5.87. The lowest BCUT2D eigenvalue weighted by molar-refractivity contribution is -0.136. The predicted octanol–water partition coefficient (Wildman–Crippen LogP) is 5.28. The molecule has 5 aromatic rings. The van der Waals surface area contributed by atoms with E-state index in [1.807, 2.05) is 28.9 Å². The predicted molar refractivity (Wildman–Crippen MR) is 133 cm³/mol. The number of rotatable bonds is 8. The lowest BCUT2D eigenvalue weighted by atomic mass is 10.0. The van der Waals surface area contributed by atoms with E-state index in [1.54, 1.807) is 18.5 Å². The summed E-state index contributed by atoms with van der Waals surface area (Å²) in [6, 6.07) is 21.8. The zero-order valence-electron chi connectivity index (χ0n) is 19.5. The molecule has 0 spiro atoms. The van der Waals surface area contributed by atoms with Gasteiger partial charge < -0.3 is 14.8 Å². The van der Waals surface area contributed by atoms with Gasteiger partial charge in [-0.3, -0.25) is 9.48 Å². The van der Waals surface area contributed by atoms with Gasteiger partial charge in [0.05, 0.1) is 11.9 Å². The van der Waals surface area contributed by atoms with Crippen molar-refractivity contribution in [2.45, 2.75) is 32.9 Å². The van der Waals surface area contributed by atoms with E-state index in [2.05, 4.69) is 59.4 Å². The normalized spacial score (nSPS) is 11.3. The summed E-state index contributed by atoms with van der Waals surface area (Å²) < 4.78 is 8.07. The van der Waals surface area contributed by atoms with Crippen molar-refractivity contribution in [3.63, 3.8) is 0 Å². The molecule has 0 saturated heterocycles. The van der Waals surface area contributed by atoms with Gasteiger partial charge in [-0.1, -0.05) is 42.5 Å². The molecule has 2 heterocycles. The number of aromatic amines is 1. The number of carboxylic acid groups (broad SMARTS) is 1. The first kappa shape index (κ1) is 22.3. The Morgan fingerprint density at radius 3 is 2.60 bits per heavy atom. The molecule has 0 saturated carbocycles. The maximum atomic E-state index is 11.2. The van der Waals surface area contributed by atoms with Gasteiger partial charge in [-0.25, -0.2) is 0 Å². The van der Waals surface area contributed by atoms with Crippen LogP contribution in [0.2, 0.25) is 0 Å². The molecule has 0 unspecified atom stereocenters. The van der Waals surface area contributed by atoms with Crippen LogP contribution >= 0.6 is 0 Å². The van der Waals surface area contributed by atoms with Gasteiger partial charge >= 0.3 is 5.97 Å². The number of nitrogens with one attached hydrogen (secondary N) is 1. The van der Waals surface area contributed by atoms with Crippen molar-refractivity contribution in [3.05, 3.63) is 84.3 Å². The monoisotopic (exact) mass is 467 g/mol. The minimum absolute atomic E-state index is 0.0942. The molecule has 0 amide bonds. The average molecular weight is 468 g/mol. The Balaban J connectivity index is 1.51. The van der Waals surface area contributed by atoms with Gasteiger partial charge in [0, 0.05) is 22.6 Å². The van der Waals surface area contributed by atoms with Gasteiger partial charge in [-0.2, -0.15) is 5.10 Å². The van der Waals surface area contributed by atoms with E-state index >= 15 is 0 Å². The first-order valence-electron chi connectivity index (χ1n) is 11.4. The number of benzene rings is 3. The Kier molecular flexibility index (Phi) is 6.01. The largest absolute Gasteiger partial charge is 0.487 e. The van der Waals surface area contributed by atoms with Gasteiger partial charge in [0.25, 0.3) is 0 Å². The summed E-state index contributed by atoms with van der Waals surface area (Å²) in [5, 5.41) is 23.0. The van der Waals surface area contributed by atoms with Crippen molar-refractivity contribution < 1.29 is 14.6 Å². The number of carbonyl (C=O) groups is 1. The summed E-state index contributed by atoms with van der Waals surface area (Å²) in [7, 11) is 0. The van der Waals surface area contributed by atoms with Gasteiger partial charge in [0.15, 0.2) is 5.82 Å². The molecule has 8 heteroatoms. The number of hydrogen-bond acceptors (Lipinski definition) is 5. The Morgan fingerprint density at radius 2 is 1.83 bits per heavy atom. The van der Waals surface area contributed by atoms with E-state index in [-0.39, 0.29) is 19.1 Å². The quantitative estimate of drug-likeness (QED) is 0.322. The zero-order chi connectivity index (χ0) is 24.4. The number of nitrogens with zero attached hydrogens (tertiary/aromatic N) is 4. The fourth-order valence-electron chi connectivity index (χ4n) is 4.18. The molecular formula is C27H25N5O3. The number of fused-ring (bicyclic) bond motifs is 1. The summed E-state index contributed by atoms with van der Waals surface area (Å²) in [4.78, 5) is 14.3. The summed E-state index contributed by atoms with van der Waals surface area (Å²) in [5.74, 6) is 0.375. The molecule has 2 N–H and O–H groups in total. The molecule has 0 radical (unpaired) electrons. The third-order valence-electron chi connectivity index (χ3n) is 5.84. The van der Waals surface area contributed by atoms with Crippen molar-refractivity contribution in [1.82, 2.24) is 25.0 Å². The Morgan fingerprint density at radius 1 is 1.03 bits per heavy atom. The fraction of sp³-hybridized carbons (Fsp3) is 0.185. The molecule has 0 aliphatic rings. The third-order valence-corrected chi connectivity index (χ3v) is 5.84. The van der Waals surface area contributed by atoms with E-state index in [4.69, 9.17) is 9.84 Å². The SMILES string of the molecule is CC(C)n1nc(COc2ccccc2CC(=O)O)c2cc(-c3cccc(-c4nnc[nH]4)c3)ccc21. The first-order valence-corrected chi connectivity index (χ1v) is 11.4. The van der Waals surface area contributed by atoms with E-state index < -0.39 is 5.97 Å². The van der Waals surface area contributed by atoms with Crippen molar-refractivity contribution in [2.75, 3.05) is 0 Å². The third kappa shape index (κ3) is 4.63. The minimum Gasteiger partial charge on any atom is -0.487 e. The second-order valence-corrected chi connectivity index (χ2v) is 8.60. The smallest absolute Gasteiger partial charge is 0.307 e. The second-order valence-electron chi connectivity index (χ2n) is 8.60. The molecule has 0 bridgehead atoms. The number of para-hydroxylation sites is 1. The average Bonchev–Trinajstić information content (AvgIpc) is 3.52. The van der Waals surface area contributed by atoms with Crippen molar-refractivity contribution in [3.8, 4) is 28.3 Å². The molecule has 35 heavy (non-hydrogen) atoms. The molecule has 0 aliphatic carbocycles. The molecule has 3 aromatic carbocycles. The maximum Gasteiger partial charge on any atom is 0.307 e. The van der Waals surface area contributed by atoms with E-state index in [0.29, 0.717) is 11.3 Å². The Labute approximate surface area is 202 Å². The molecule has 0 aliphatic heterocycles. The molecule has 2 aromatic heterocycles. The highest BCUT2D eigenvalue weighted by atomic mass is 16.5. The summed E-state index contributed by atoms with van der Waals surface area (Å²) in [6.07, 6.45) is 1.47. The van der Waals surface area contributed by atoms with Gasteiger partial charge in [-0.05, 0) is 49.2 Å². The van der Waals surface area contributed by atoms with Gasteiger partial charge in [0.1, 0.15) is 24.4 Å². The molecule has 8 nitrogen and oxygen atoms in total. The van der Waals surface area contributed by atoms with Crippen LogP contribution in [-0.4, -0.2) is 36.0 Å².